The molecule has 1 aromatic carbocycles. The number of hydrogen-bond donors (Lipinski definition) is 0. The van der Waals surface area contributed by atoms with E-state index in [1.807, 2.05) is 0 Å². The zero-order valence-corrected chi connectivity index (χ0v) is 10.3. The molecule has 20 heavy (non-hydrogen) atoms. The topological polar surface area (TPSA) is 55.7 Å². The summed E-state index contributed by atoms with van der Waals surface area (Å²) in [6.45, 7) is 0.925. The number of cyclic esters (lactones) is 1. The second-order valence-electron chi connectivity index (χ2n) is 4.45. The highest BCUT2D eigenvalue weighted by Crippen LogP contribution is 2.39. The molecule has 0 unspecified atom stereocenters. The van der Waals surface area contributed by atoms with Gasteiger partial charge in [0.05, 0.1) is 0 Å². The van der Waals surface area contributed by atoms with Crippen molar-refractivity contribution in [1.82, 2.24) is 0 Å². The molecule has 0 aromatic heterocycles. The third kappa shape index (κ3) is 2.43. The van der Waals surface area contributed by atoms with E-state index >= 15 is 0 Å². The lowest BCUT2D eigenvalue weighted by atomic mass is 9.85. The van der Waals surface area contributed by atoms with Crippen molar-refractivity contribution in [2.24, 2.45) is 4.99 Å². The third-order valence-corrected chi connectivity index (χ3v) is 2.99. The number of carbonyl (C=O) groups is 2. The molecule has 0 saturated heterocycles. The van der Waals surface area contributed by atoms with Crippen LogP contribution in [0.3, 0.4) is 0 Å². The summed E-state index contributed by atoms with van der Waals surface area (Å²) in [5, 5.41) is 0. The Bertz CT molecular complexity index is 568. The van der Waals surface area contributed by atoms with Gasteiger partial charge in [-0.3, -0.25) is 9.79 Å². The van der Waals surface area contributed by atoms with Gasteiger partial charge in [-0.25, -0.2) is 4.79 Å². The van der Waals surface area contributed by atoms with Crippen LogP contribution in [0.15, 0.2) is 35.3 Å². The number of nitrogens with zero attached hydrogens (tertiary/aromatic N) is 1. The predicted molar refractivity (Wildman–Crippen MR) is 63.2 cm³/mol. The number of hydrogen-bond acceptors (Lipinski definition) is 4. The SMILES string of the molecule is C[C@@]1(C(=O)C(F)(F)F)OC(=O)C=N[C@@H]1c1ccccc1. The number of rotatable bonds is 2. The van der Waals surface area contributed by atoms with Crippen LogP contribution in [0.5, 0.6) is 0 Å². The Labute approximate surface area is 112 Å². The lowest BCUT2D eigenvalue weighted by molar-refractivity contribution is -0.197. The molecule has 0 N–H and O–H groups in total. The molecule has 1 aliphatic heterocycles. The van der Waals surface area contributed by atoms with E-state index in [1.165, 1.54) is 12.1 Å². The fourth-order valence-corrected chi connectivity index (χ4v) is 2.06. The molecule has 0 spiro atoms. The van der Waals surface area contributed by atoms with Crippen LogP contribution in [0, 0.1) is 0 Å². The van der Waals surface area contributed by atoms with Crippen LogP contribution in [0.2, 0.25) is 0 Å². The maximum atomic E-state index is 12.7. The zero-order valence-electron chi connectivity index (χ0n) is 10.3. The van der Waals surface area contributed by atoms with Crippen molar-refractivity contribution >= 4 is 18.0 Å². The second-order valence-corrected chi connectivity index (χ2v) is 4.45. The van der Waals surface area contributed by atoms with Crippen molar-refractivity contribution in [2.45, 2.75) is 24.7 Å². The van der Waals surface area contributed by atoms with E-state index in [0.717, 1.165) is 13.1 Å². The minimum atomic E-state index is -5.12. The second kappa shape index (κ2) is 4.73. The highest BCUT2D eigenvalue weighted by atomic mass is 19.4. The summed E-state index contributed by atoms with van der Waals surface area (Å²) in [7, 11) is 0. The minimum absolute atomic E-state index is 0.358. The molecule has 0 fully saturated rings. The summed E-state index contributed by atoms with van der Waals surface area (Å²) in [6.07, 6.45) is -4.34. The van der Waals surface area contributed by atoms with Crippen LogP contribution in [-0.2, 0) is 14.3 Å². The maximum Gasteiger partial charge on any atom is 0.454 e. The molecule has 7 heteroatoms. The van der Waals surface area contributed by atoms with Crippen LogP contribution < -0.4 is 0 Å². The predicted octanol–water partition coefficient (Wildman–Crippen LogP) is 2.25. The standard InChI is InChI=1S/C13H10F3NO3/c1-12(11(19)13(14,15)16)10(17-7-9(18)20-12)8-5-3-2-4-6-8/h2-7,10H,1H3/t10-,12-/m1/s1. The first-order valence-electron chi connectivity index (χ1n) is 5.68. The van der Waals surface area contributed by atoms with Crippen LogP contribution in [0.4, 0.5) is 13.2 Å². The number of carbonyl (C=O) groups excluding carboxylic acids is 2. The highest BCUT2D eigenvalue weighted by Gasteiger charge is 2.58. The van der Waals surface area contributed by atoms with Gasteiger partial charge in [0.2, 0.25) is 5.60 Å². The fourth-order valence-electron chi connectivity index (χ4n) is 2.06. The average Bonchev–Trinajstić information content (AvgIpc) is 2.37. The number of ether oxygens (including phenoxy) is 1. The van der Waals surface area contributed by atoms with E-state index in [0.29, 0.717) is 5.56 Å². The maximum absolute atomic E-state index is 12.7. The van der Waals surface area contributed by atoms with Crippen molar-refractivity contribution in [3.05, 3.63) is 35.9 Å². The fraction of sp³-hybridized carbons (Fsp3) is 0.308. The van der Waals surface area contributed by atoms with Crippen molar-refractivity contribution < 1.29 is 27.5 Å². The van der Waals surface area contributed by atoms with E-state index in [4.69, 9.17) is 0 Å². The highest BCUT2D eigenvalue weighted by molar-refractivity contribution is 6.24. The summed E-state index contributed by atoms with van der Waals surface area (Å²) in [4.78, 5) is 26.5. The van der Waals surface area contributed by atoms with Crippen molar-refractivity contribution in [3.63, 3.8) is 0 Å². The first kappa shape index (κ1) is 14.2. The zero-order chi connectivity index (χ0) is 15.0. The average molecular weight is 285 g/mol. The molecule has 1 aromatic rings. The molecule has 0 aliphatic carbocycles. The summed E-state index contributed by atoms with van der Waals surface area (Å²) in [5.74, 6) is -3.21. The largest absolute Gasteiger partial charge is 0.454 e. The molecule has 1 heterocycles. The minimum Gasteiger partial charge on any atom is -0.444 e. The smallest absolute Gasteiger partial charge is 0.444 e. The van der Waals surface area contributed by atoms with Gasteiger partial charge in [0, 0.05) is 0 Å². The Morgan fingerprint density at radius 1 is 1.30 bits per heavy atom. The van der Waals surface area contributed by atoms with E-state index in [1.54, 1.807) is 18.2 Å². The Hall–Kier alpha value is -2.18. The van der Waals surface area contributed by atoms with Gasteiger partial charge in [-0.15, -0.1) is 0 Å². The van der Waals surface area contributed by atoms with Crippen LogP contribution in [-0.4, -0.2) is 29.7 Å². The van der Waals surface area contributed by atoms with Gasteiger partial charge < -0.3 is 4.74 Å². The summed E-state index contributed by atoms with van der Waals surface area (Å²) in [6, 6.07) is 6.67. The van der Waals surface area contributed by atoms with Gasteiger partial charge in [0.1, 0.15) is 12.3 Å². The third-order valence-electron chi connectivity index (χ3n) is 2.99. The number of halogens is 3. The Balaban J connectivity index is 2.50. The number of aliphatic imine (C=N–C) groups is 1. The quantitative estimate of drug-likeness (QED) is 0.783. The summed E-state index contributed by atoms with van der Waals surface area (Å²) in [5.41, 5.74) is -2.04. The van der Waals surface area contributed by atoms with Gasteiger partial charge in [-0.05, 0) is 12.5 Å². The van der Waals surface area contributed by atoms with E-state index in [9.17, 15) is 22.8 Å². The van der Waals surface area contributed by atoms with Crippen molar-refractivity contribution in [3.8, 4) is 0 Å². The molecule has 0 radical (unpaired) electrons. The van der Waals surface area contributed by atoms with Gasteiger partial charge in [0.25, 0.3) is 5.78 Å². The number of benzene rings is 1. The lowest BCUT2D eigenvalue weighted by Gasteiger charge is -2.35. The van der Waals surface area contributed by atoms with Gasteiger partial charge >= 0.3 is 12.1 Å². The Morgan fingerprint density at radius 3 is 2.45 bits per heavy atom. The van der Waals surface area contributed by atoms with Gasteiger partial charge in [-0.1, -0.05) is 30.3 Å². The van der Waals surface area contributed by atoms with E-state index in [2.05, 4.69) is 9.73 Å². The van der Waals surface area contributed by atoms with Gasteiger partial charge in [-0.2, -0.15) is 13.2 Å². The first-order valence-corrected chi connectivity index (χ1v) is 5.68. The van der Waals surface area contributed by atoms with E-state index < -0.39 is 29.6 Å². The molecule has 2 rings (SSSR count). The number of Topliss-reactive ketones (excluding diaryl/α,β-unsaturated/α-hetero) is 1. The Kier molecular flexibility index (Phi) is 3.37. The molecule has 1 aliphatic rings. The van der Waals surface area contributed by atoms with Crippen LogP contribution >= 0.6 is 0 Å². The first-order chi connectivity index (χ1) is 9.25. The Morgan fingerprint density at radius 2 is 1.90 bits per heavy atom. The molecular weight excluding hydrogens is 275 g/mol. The monoisotopic (exact) mass is 285 g/mol. The molecule has 0 amide bonds. The normalized spacial score (nSPS) is 26.2. The number of alkyl halides is 3. The molecule has 2 atom stereocenters. The molecular formula is C13H10F3NO3. The van der Waals surface area contributed by atoms with Crippen LogP contribution in [0.1, 0.15) is 18.5 Å². The number of esters is 1. The van der Waals surface area contributed by atoms with Crippen molar-refractivity contribution in [2.75, 3.05) is 0 Å². The number of ketones is 1. The summed E-state index contributed by atoms with van der Waals surface area (Å²) < 4.78 is 42.8. The van der Waals surface area contributed by atoms with Crippen molar-refractivity contribution in [1.29, 1.82) is 0 Å². The van der Waals surface area contributed by atoms with E-state index in [-0.39, 0.29) is 0 Å². The molecule has 0 saturated carbocycles. The lowest BCUT2D eigenvalue weighted by Crippen LogP contribution is -2.53. The summed E-state index contributed by atoms with van der Waals surface area (Å²) >= 11 is 0. The molecule has 106 valence electrons. The molecule has 0 bridgehead atoms. The molecule has 4 nitrogen and oxygen atoms in total. The van der Waals surface area contributed by atoms with Gasteiger partial charge in [0.15, 0.2) is 0 Å². The van der Waals surface area contributed by atoms with Crippen LogP contribution in [0.25, 0.3) is 0 Å².